The van der Waals surface area contributed by atoms with Gasteiger partial charge in [0.1, 0.15) is 18.4 Å². The van der Waals surface area contributed by atoms with Gasteiger partial charge in [-0.2, -0.15) is 5.26 Å². The topological polar surface area (TPSA) is 96.3 Å². The molecule has 2 aromatic carbocycles. The summed E-state index contributed by atoms with van der Waals surface area (Å²) < 4.78 is 29.6. The first kappa shape index (κ1) is 17.8. The van der Waals surface area contributed by atoms with Crippen LogP contribution in [0.1, 0.15) is 21.5 Å². The average Bonchev–Trinajstić information content (AvgIpc) is 2.52. The molecule has 0 unspecified atom stereocenters. The smallest absolute Gasteiger partial charge is 0.264 e. The summed E-state index contributed by atoms with van der Waals surface area (Å²) in [5.74, 6) is -0.512. The zero-order chi connectivity index (χ0) is 17.7. The number of rotatable bonds is 5. The van der Waals surface area contributed by atoms with Crippen molar-refractivity contribution in [3.05, 3.63) is 64.2 Å². The summed E-state index contributed by atoms with van der Waals surface area (Å²) in [5.41, 5.74) is 1.04. The molecule has 2 rings (SSSR count). The molecule has 8 heteroatoms. The zero-order valence-electron chi connectivity index (χ0n) is 12.6. The number of amides is 1. The molecule has 0 spiro atoms. The molecule has 0 radical (unpaired) electrons. The van der Waals surface area contributed by atoms with Gasteiger partial charge in [-0.3, -0.25) is 4.79 Å². The number of nitrogens with one attached hydrogen (secondary N) is 1. The van der Waals surface area contributed by atoms with Crippen molar-refractivity contribution in [2.24, 2.45) is 0 Å². The summed E-state index contributed by atoms with van der Waals surface area (Å²) in [7, 11) is -3.68. The Balaban J connectivity index is 2.16. The van der Waals surface area contributed by atoms with Gasteiger partial charge in [0.05, 0.1) is 11.8 Å². The molecule has 0 saturated carbocycles. The van der Waals surface area contributed by atoms with E-state index in [4.69, 9.17) is 16.3 Å². The molecule has 124 valence electrons. The van der Waals surface area contributed by atoms with Gasteiger partial charge in [-0.25, -0.2) is 13.1 Å². The van der Waals surface area contributed by atoms with Crippen molar-refractivity contribution in [2.45, 2.75) is 6.61 Å². The highest BCUT2D eigenvalue weighted by molar-refractivity contribution is 7.89. The third-order valence-corrected chi connectivity index (χ3v) is 3.76. The van der Waals surface area contributed by atoms with Crippen LogP contribution in [0.5, 0.6) is 5.75 Å². The lowest BCUT2D eigenvalue weighted by Crippen LogP contribution is -2.29. The van der Waals surface area contributed by atoms with E-state index in [1.165, 1.54) is 18.2 Å². The SMILES string of the molecule is CS(=O)(=O)NC(=O)c1ccc(OCc2ccc(Cl)cc2)c(C#N)c1. The van der Waals surface area contributed by atoms with E-state index in [0.29, 0.717) is 10.8 Å². The predicted octanol–water partition coefficient (Wildman–Crippen LogP) is 2.48. The van der Waals surface area contributed by atoms with Gasteiger partial charge in [0.15, 0.2) is 0 Å². The van der Waals surface area contributed by atoms with Gasteiger partial charge in [0, 0.05) is 10.6 Å². The lowest BCUT2D eigenvalue weighted by molar-refractivity contribution is 0.0981. The lowest BCUT2D eigenvalue weighted by atomic mass is 10.1. The Kier molecular flexibility index (Phi) is 5.44. The van der Waals surface area contributed by atoms with Crippen LogP contribution in [0.4, 0.5) is 0 Å². The number of carbonyl (C=O) groups excluding carboxylic acids is 1. The fourth-order valence-corrected chi connectivity index (χ4v) is 2.43. The minimum Gasteiger partial charge on any atom is -0.488 e. The number of carbonyl (C=O) groups is 1. The molecule has 0 heterocycles. The second-order valence-electron chi connectivity index (χ2n) is 4.94. The highest BCUT2D eigenvalue weighted by atomic mass is 35.5. The van der Waals surface area contributed by atoms with Crippen LogP contribution in [-0.4, -0.2) is 20.6 Å². The second-order valence-corrected chi connectivity index (χ2v) is 7.13. The van der Waals surface area contributed by atoms with Gasteiger partial charge in [-0.05, 0) is 35.9 Å². The van der Waals surface area contributed by atoms with Gasteiger partial charge < -0.3 is 4.74 Å². The van der Waals surface area contributed by atoms with Gasteiger partial charge in [-0.1, -0.05) is 23.7 Å². The predicted molar refractivity (Wildman–Crippen MR) is 89.3 cm³/mol. The van der Waals surface area contributed by atoms with Crippen molar-refractivity contribution in [2.75, 3.05) is 6.26 Å². The summed E-state index contributed by atoms with van der Waals surface area (Å²) in [6, 6.07) is 13.1. The normalized spacial score (nSPS) is 10.7. The number of hydrogen-bond acceptors (Lipinski definition) is 5. The van der Waals surface area contributed by atoms with E-state index in [0.717, 1.165) is 11.8 Å². The molecule has 24 heavy (non-hydrogen) atoms. The van der Waals surface area contributed by atoms with E-state index in [2.05, 4.69) is 0 Å². The van der Waals surface area contributed by atoms with Gasteiger partial charge in [0.2, 0.25) is 10.0 Å². The molecular weight excluding hydrogens is 352 g/mol. The molecule has 1 amide bonds. The molecule has 0 bridgehead atoms. The molecule has 0 aliphatic heterocycles. The van der Waals surface area contributed by atoms with E-state index in [1.54, 1.807) is 24.3 Å². The van der Waals surface area contributed by atoms with Crippen molar-refractivity contribution in [3.8, 4) is 11.8 Å². The van der Waals surface area contributed by atoms with E-state index >= 15 is 0 Å². The van der Waals surface area contributed by atoms with Crippen LogP contribution < -0.4 is 9.46 Å². The summed E-state index contributed by atoms with van der Waals surface area (Å²) in [4.78, 5) is 11.8. The van der Waals surface area contributed by atoms with Crippen molar-refractivity contribution < 1.29 is 17.9 Å². The van der Waals surface area contributed by atoms with Crippen LogP contribution in [0.2, 0.25) is 5.02 Å². The largest absolute Gasteiger partial charge is 0.488 e. The molecule has 0 fully saturated rings. The van der Waals surface area contributed by atoms with Gasteiger partial charge in [-0.15, -0.1) is 0 Å². The molecular formula is C16H13ClN2O4S. The molecule has 2 aromatic rings. The first-order chi connectivity index (χ1) is 11.3. The van der Waals surface area contributed by atoms with E-state index in [9.17, 15) is 18.5 Å². The van der Waals surface area contributed by atoms with Crippen LogP contribution in [0.3, 0.4) is 0 Å². The second kappa shape index (κ2) is 7.34. The maximum atomic E-state index is 11.8. The number of nitriles is 1. The van der Waals surface area contributed by atoms with Crippen LogP contribution in [-0.2, 0) is 16.6 Å². The van der Waals surface area contributed by atoms with Gasteiger partial charge >= 0.3 is 0 Å². The maximum absolute atomic E-state index is 11.8. The Morgan fingerprint density at radius 3 is 2.50 bits per heavy atom. The fraction of sp³-hybridized carbons (Fsp3) is 0.125. The first-order valence-corrected chi connectivity index (χ1v) is 8.99. The standard InChI is InChI=1S/C16H13ClN2O4S/c1-24(21,22)19-16(20)12-4-7-15(13(8-12)9-18)23-10-11-2-5-14(17)6-3-11/h2-8H,10H2,1H3,(H,19,20). The number of benzene rings is 2. The number of hydrogen-bond donors (Lipinski definition) is 1. The Morgan fingerprint density at radius 1 is 1.25 bits per heavy atom. The lowest BCUT2D eigenvalue weighted by Gasteiger charge is -2.09. The van der Waals surface area contributed by atoms with Gasteiger partial charge in [0.25, 0.3) is 5.91 Å². The molecule has 6 nitrogen and oxygen atoms in total. The number of halogens is 1. The van der Waals surface area contributed by atoms with Crippen molar-refractivity contribution in [1.82, 2.24) is 4.72 Å². The highest BCUT2D eigenvalue weighted by Crippen LogP contribution is 2.21. The fourth-order valence-electron chi connectivity index (χ4n) is 1.85. The molecule has 0 aliphatic carbocycles. The number of sulfonamides is 1. The quantitative estimate of drug-likeness (QED) is 0.879. The summed E-state index contributed by atoms with van der Waals surface area (Å²) in [5, 5.41) is 9.80. The van der Waals surface area contributed by atoms with E-state index < -0.39 is 15.9 Å². The van der Waals surface area contributed by atoms with Crippen molar-refractivity contribution in [1.29, 1.82) is 5.26 Å². The molecule has 0 atom stereocenters. The minimum absolute atomic E-state index is 0.0517. The maximum Gasteiger partial charge on any atom is 0.264 e. The van der Waals surface area contributed by atoms with Crippen LogP contribution in [0, 0.1) is 11.3 Å². The Hall–Kier alpha value is -2.56. The molecule has 0 aliphatic rings. The average molecular weight is 365 g/mol. The Labute approximate surface area is 144 Å². The first-order valence-electron chi connectivity index (χ1n) is 6.72. The highest BCUT2D eigenvalue weighted by Gasteiger charge is 2.14. The number of ether oxygens (including phenoxy) is 1. The Morgan fingerprint density at radius 2 is 1.92 bits per heavy atom. The third-order valence-electron chi connectivity index (χ3n) is 2.95. The summed E-state index contributed by atoms with van der Waals surface area (Å²) >= 11 is 5.80. The monoisotopic (exact) mass is 364 g/mol. The van der Waals surface area contributed by atoms with Crippen molar-refractivity contribution in [3.63, 3.8) is 0 Å². The van der Waals surface area contributed by atoms with Crippen LogP contribution in [0.15, 0.2) is 42.5 Å². The summed E-state index contributed by atoms with van der Waals surface area (Å²) in [6.07, 6.45) is 0.875. The number of nitrogens with zero attached hydrogens (tertiary/aromatic N) is 1. The van der Waals surface area contributed by atoms with Crippen LogP contribution in [0.25, 0.3) is 0 Å². The molecule has 1 N–H and O–H groups in total. The van der Waals surface area contributed by atoms with Crippen LogP contribution >= 0.6 is 11.6 Å². The summed E-state index contributed by atoms with van der Waals surface area (Å²) in [6.45, 7) is 0.223. The van der Waals surface area contributed by atoms with E-state index in [1.807, 2.05) is 10.8 Å². The molecule has 0 aromatic heterocycles. The minimum atomic E-state index is -3.68. The zero-order valence-corrected chi connectivity index (χ0v) is 14.2. The Bertz CT molecular complexity index is 903. The third kappa shape index (κ3) is 4.98. The van der Waals surface area contributed by atoms with E-state index in [-0.39, 0.29) is 17.7 Å². The van der Waals surface area contributed by atoms with Crippen molar-refractivity contribution >= 4 is 27.5 Å². The molecule has 0 saturated heterocycles.